The van der Waals surface area contributed by atoms with Gasteiger partial charge >= 0.3 is 5.69 Å². The summed E-state index contributed by atoms with van der Waals surface area (Å²) >= 11 is 13.6. The molecule has 0 fully saturated rings. The first kappa shape index (κ1) is 13.6. The van der Waals surface area contributed by atoms with Gasteiger partial charge in [-0.05, 0) is 35.2 Å². The number of hydrogen-bond donors (Lipinski definition) is 2. The van der Waals surface area contributed by atoms with Crippen molar-refractivity contribution >= 4 is 70.6 Å². The number of H-pyrrole nitrogens is 2. The van der Waals surface area contributed by atoms with Crippen molar-refractivity contribution in [2.75, 3.05) is 0 Å². The van der Waals surface area contributed by atoms with E-state index in [9.17, 15) is 4.79 Å². The van der Waals surface area contributed by atoms with Crippen LogP contribution in [0.3, 0.4) is 0 Å². The van der Waals surface area contributed by atoms with E-state index in [-0.39, 0.29) is 11.1 Å². The highest BCUT2D eigenvalue weighted by Gasteiger charge is 2.18. The zero-order valence-electron chi connectivity index (χ0n) is 10.4. The first-order valence-corrected chi connectivity index (χ1v) is 9.07. The molecule has 106 valence electrons. The van der Waals surface area contributed by atoms with E-state index in [1.807, 2.05) is 12.1 Å². The zero-order valence-corrected chi connectivity index (χ0v) is 14.4. The Labute approximate surface area is 140 Å². The molecule has 4 aromatic rings. The Bertz CT molecular complexity index is 984. The second-order valence-electron chi connectivity index (χ2n) is 4.66. The maximum absolute atomic E-state index is 11.4. The monoisotopic (exact) mass is 398 g/mol. The van der Waals surface area contributed by atoms with Crippen molar-refractivity contribution in [2.24, 2.45) is 0 Å². The van der Waals surface area contributed by atoms with Crippen LogP contribution in [0.15, 0.2) is 38.9 Å². The van der Waals surface area contributed by atoms with Gasteiger partial charge in [0.2, 0.25) is 0 Å². The summed E-state index contributed by atoms with van der Waals surface area (Å²) in [5, 5.41) is 1.84. The molecule has 21 heavy (non-hydrogen) atoms. The number of rotatable bonds is 2. The van der Waals surface area contributed by atoms with Gasteiger partial charge in [0.15, 0.2) is 0 Å². The second kappa shape index (κ2) is 4.98. The first-order valence-electron chi connectivity index (χ1n) is 6.14. The molecular formula is C14H8BrClN2OS2. The number of nitrogens with one attached hydrogen (secondary N) is 2. The van der Waals surface area contributed by atoms with Gasteiger partial charge in [0.25, 0.3) is 0 Å². The van der Waals surface area contributed by atoms with Crippen molar-refractivity contribution in [1.82, 2.24) is 9.97 Å². The largest absolute Gasteiger partial charge is 0.323 e. The molecule has 0 amide bonds. The summed E-state index contributed by atoms with van der Waals surface area (Å²) in [6, 6.07) is 8.05. The van der Waals surface area contributed by atoms with E-state index in [1.165, 1.54) is 9.40 Å². The number of hydrogen-bond acceptors (Lipinski definition) is 3. The average molecular weight is 400 g/mol. The van der Waals surface area contributed by atoms with Crippen LogP contribution < -0.4 is 5.69 Å². The minimum Gasteiger partial charge on any atom is -0.306 e. The van der Waals surface area contributed by atoms with Crippen LogP contribution in [0.25, 0.3) is 20.4 Å². The van der Waals surface area contributed by atoms with Gasteiger partial charge in [-0.2, -0.15) is 0 Å². The first-order chi connectivity index (χ1) is 10.1. The van der Waals surface area contributed by atoms with E-state index in [0.29, 0.717) is 0 Å². The van der Waals surface area contributed by atoms with Crippen LogP contribution in [0.1, 0.15) is 15.8 Å². The minimum absolute atomic E-state index is 0.211. The third kappa shape index (κ3) is 2.26. The smallest absolute Gasteiger partial charge is 0.306 e. The summed E-state index contributed by atoms with van der Waals surface area (Å²) in [6.45, 7) is 0. The molecule has 0 aliphatic carbocycles. The fourth-order valence-corrected chi connectivity index (χ4v) is 5.53. The topological polar surface area (TPSA) is 48.6 Å². The third-order valence-corrected chi connectivity index (χ3v) is 6.76. The Morgan fingerprint density at radius 2 is 1.90 bits per heavy atom. The number of aromatic nitrogens is 2. The lowest BCUT2D eigenvalue weighted by Gasteiger charge is -2.10. The van der Waals surface area contributed by atoms with Crippen LogP contribution in [-0.2, 0) is 0 Å². The molecule has 3 aromatic heterocycles. The van der Waals surface area contributed by atoms with Gasteiger partial charge in [0.05, 0.1) is 16.4 Å². The molecular weight excluding hydrogens is 392 g/mol. The predicted octanol–water partition coefficient (Wildman–Crippen LogP) is 5.22. The van der Waals surface area contributed by atoms with Crippen LogP contribution in [0.5, 0.6) is 0 Å². The maximum Gasteiger partial charge on any atom is 0.323 e. The number of aromatic amines is 2. The van der Waals surface area contributed by atoms with Crippen LogP contribution >= 0.6 is 50.2 Å². The molecule has 1 aromatic carbocycles. The van der Waals surface area contributed by atoms with Crippen LogP contribution in [0.2, 0.25) is 0 Å². The standard InChI is InChI=1S/C14H8BrClN2OS2/c15-7-4-9-8(17-14(19)18-9)3-6(7)13(16)12-5-11-10(21-12)1-2-20-11/h1-5,13H,(H2,17,18,19). The summed E-state index contributed by atoms with van der Waals surface area (Å²) in [6.07, 6.45) is 0. The van der Waals surface area contributed by atoms with Crippen LogP contribution in [0.4, 0.5) is 0 Å². The molecule has 3 heterocycles. The number of benzene rings is 1. The lowest BCUT2D eigenvalue weighted by molar-refractivity contribution is 1.18. The Morgan fingerprint density at radius 3 is 2.67 bits per heavy atom. The van der Waals surface area contributed by atoms with Crippen LogP contribution in [0, 0.1) is 0 Å². The van der Waals surface area contributed by atoms with E-state index < -0.39 is 0 Å². The van der Waals surface area contributed by atoms with Gasteiger partial charge in [-0.1, -0.05) is 15.9 Å². The molecule has 0 aliphatic rings. The van der Waals surface area contributed by atoms with Crippen molar-refractivity contribution in [1.29, 1.82) is 0 Å². The minimum atomic E-state index is -0.244. The van der Waals surface area contributed by atoms with Gasteiger partial charge in [0, 0.05) is 18.7 Å². The van der Waals surface area contributed by atoms with E-state index in [2.05, 4.69) is 43.4 Å². The van der Waals surface area contributed by atoms with Crippen LogP contribution in [-0.4, -0.2) is 9.97 Å². The zero-order chi connectivity index (χ0) is 14.6. The number of imidazole rings is 1. The molecule has 1 unspecified atom stereocenters. The van der Waals surface area contributed by atoms with E-state index in [1.54, 1.807) is 22.7 Å². The number of alkyl halides is 1. The molecule has 7 heteroatoms. The Morgan fingerprint density at radius 1 is 1.14 bits per heavy atom. The third-order valence-electron chi connectivity index (χ3n) is 3.31. The molecule has 2 N–H and O–H groups in total. The molecule has 0 bridgehead atoms. The van der Waals surface area contributed by atoms with Crippen molar-refractivity contribution in [2.45, 2.75) is 5.38 Å². The number of halogens is 2. The SMILES string of the molecule is O=c1[nH]c2cc(Br)c(C(Cl)c3cc4sccc4s3)cc2[nH]1. The normalized spacial score (nSPS) is 13.2. The van der Waals surface area contributed by atoms with Crippen molar-refractivity contribution in [3.05, 3.63) is 55.0 Å². The second-order valence-corrected chi connectivity index (χ2v) is 8.01. The highest BCUT2D eigenvalue weighted by atomic mass is 79.9. The fourth-order valence-electron chi connectivity index (χ4n) is 2.33. The molecule has 0 saturated heterocycles. The van der Waals surface area contributed by atoms with E-state index in [0.717, 1.165) is 25.9 Å². The summed E-state index contributed by atoms with van der Waals surface area (Å²) < 4.78 is 3.41. The number of thiophene rings is 2. The average Bonchev–Trinajstić information content (AvgIpc) is 3.09. The van der Waals surface area contributed by atoms with Gasteiger partial charge in [-0.3, -0.25) is 0 Å². The molecule has 0 saturated carbocycles. The highest BCUT2D eigenvalue weighted by Crippen LogP contribution is 2.41. The van der Waals surface area contributed by atoms with Gasteiger partial charge < -0.3 is 9.97 Å². The molecule has 0 aliphatic heterocycles. The van der Waals surface area contributed by atoms with E-state index >= 15 is 0 Å². The Balaban J connectivity index is 1.85. The van der Waals surface area contributed by atoms with Crippen molar-refractivity contribution in [3.63, 3.8) is 0 Å². The Kier molecular flexibility index (Phi) is 3.22. The maximum atomic E-state index is 11.4. The lowest BCUT2D eigenvalue weighted by Crippen LogP contribution is -1.99. The summed E-state index contributed by atoms with van der Waals surface area (Å²) in [7, 11) is 0. The summed E-state index contributed by atoms with van der Waals surface area (Å²) in [4.78, 5) is 18.0. The summed E-state index contributed by atoms with van der Waals surface area (Å²) in [5.74, 6) is 0. The lowest BCUT2D eigenvalue weighted by atomic mass is 10.1. The van der Waals surface area contributed by atoms with Crippen molar-refractivity contribution in [3.8, 4) is 0 Å². The molecule has 0 spiro atoms. The Hall–Kier alpha value is -1.08. The number of fused-ring (bicyclic) bond motifs is 2. The summed E-state index contributed by atoms with van der Waals surface area (Å²) in [5.41, 5.74) is 2.28. The van der Waals surface area contributed by atoms with Crippen molar-refractivity contribution < 1.29 is 0 Å². The molecule has 4 rings (SSSR count). The predicted molar refractivity (Wildman–Crippen MR) is 94.0 cm³/mol. The van der Waals surface area contributed by atoms with Gasteiger partial charge in [-0.25, -0.2) is 4.79 Å². The van der Waals surface area contributed by atoms with Gasteiger partial charge in [0.1, 0.15) is 0 Å². The highest BCUT2D eigenvalue weighted by molar-refractivity contribution is 9.10. The molecule has 3 nitrogen and oxygen atoms in total. The van der Waals surface area contributed by atoms with Gasteiger partial charge in [-0.15, -0.1) is 34.3 Å². The van der Waals surface area contributed by atoms with E-state index in [4.69, 9.17) is 11.6 Å². The quantitative estimate of drug-likeness (QED) is 0.446. The fraction of sp³-hybridized carbons (Fsp3) is 0.0714. The molecule has 1 atom stereocenters. The molecule has 0 radical (unpaired) electrons.